The van der Waals surface area contributed by atoms with Crippen LogP contribution in [0.15, 0.2) is 51.7 Å². The van der Waals surface area contributed by atoms with E-state index in [1.807, 2.05) is 28.8 Å². The molecule has 0 amide bonds. The predicted octanol–water partition coefficient (Wildman–Crippen LogP) is 4.90. The molecule has 0 saturated carbocycles. The van der Waals surface area contributed by atoms with Crippen molar-refractivity contribution in [1.29, 1.82) is 5.41 Å². The highest BCUT2D eigenvalue weighted by Crippen LogP contribution is 2.23. The quantitative estimate of drug-likeness (QED) is 0.277. The van der Waals surface area contributed by atoms with E-state index in [0.29, 0.717) is 35.6 Å². The van der Waals surface area contributed by atoms with E-state index in [4.69, 9.17) is 15.6 Å². The molecule has 2 aromatic heterocycles. The van der Waals surface area contributed by atoms with Crippen LogP contribution in [0, 0.1) is 5.41 Å². The van der Waals surface area contributed by atoms with Gasteiger partial charge in [0.15, 0.2) is 11.6 Å². The number of para-hydroxylation sites is 1. The highest BCUT2D eigenvalue weighted by molar-refractivity contribution is 5.92. The summed E-state index contributed by atoms with van der Waals surface area (Å²) in [6.45, 7) is 6.57. The van der Waals surface area contributed by atoms with Gasteiger partial charge in [0.1, 0.15) is 5.76 Å². The molecule has 2 atom stereocenters. The molecule has 3 aromatic rings. The summed E-state index contributed by atoms with van der Waals surface area (Å²) in [5.41, 5.74) is 7.23. The SMILES string of the molecule is C[C@@H]1CCC[C@H](C)N1CCCCCn1c(=O)c(Cc2ccc(C(=N)N)o2)cc2ccccc21. The molecule has 0 bridgehead atoms. The Morgan fingerprint density at radius 3 is 2.52 bits per heavy atom. The van der Waals surface area contributed by atoms with Gasteiger partial charge in [-0.25, -0.2) is 0 Å². The number of nitrogens with zero attached hydrogens (tertiary/aromatic N) is 2. The van der Waals surface area contributed by atoms with E-state index in [1.54, 1.807) is 12.1 Å². The standard InChI is InChI=1S/C27H36N4O2/c1-19-9-8-10-20(2)30(19)15-6-3-7-16-31-24-12-5-4-11-21(24)17-22(27(31)32)18-23-13-14-25(33-23)26(28)29/h4-5,11-14,17,19-20H,3,6-10,15-16,18H2,1-2H3,(H3,28,29)/t19-,20+. The van der Waals surface area contributed by atoms with Crippen molar-refractivity contribution in [3.8, 4) is 0 Å². The number of hydrogen-bond donors (Lipinski definition) is 2. The molecule has 176 valence electrons. The summed E-state index contributed by atoms with van der Waals surface area (Å²) in [6.07, 6.45) is 7.62. The Kier molecular flexibility index (Phi) is 7.33. The average molecular weight is 449 g/mol. The molecule has 33 heavy (non-hydrogen) atoms. The summed E-state index contributed by atoms with van der Waals surface area (Å²) >= 11 is 0. The van der Waals surface area contributed by atoms with Gasteiger partial charge < -0.3 is 14.7 Å². The lowest BCUT2D eigenvalue weighted by atomic mass is 9.97. The number of nitrogen functional groups attached to an aromatic ring is 1. The maximum Gasteiger partial charge on any atom is 0.254 e. The Hall–Kier alpha value is -2.86. The van der Waals surface area contributed by atoms with Gasteiger partial charge in [-0.2, -0.15) is 0 Å². The fourth-order valence-electron chi connectivity index (χ4n) is 5.20. The van der Waals surface area contributed by atoms with Crippen LogP contribution in [0.1, 0.15) is 69.5 Å². The van der Waals surface area contributed by atoms with E-state index in [0.717, 1.165) is 36.8 Å². The number of nitrogens with two attached hydrogens (primary N) is 1. The molecule has 1 aliphatic rings. The predicted molar refractivity (Wildman–Crippen MR) is 134 cm³/mol. The zero-order valence-corrected chi connectivity index (χ0v) is 19.8. The third kappa shape index (κ3) is 5.38. The van der Waals surface area contributed by atoms with Crippen LogP contribution < -0.4 is 11.3 Å². The molecule has 0 spiro atoms. The molecule has 0 unspecified atom stereocenters. The summed E-state index contributed by atoms with van der Waals surface area (Å²) in [5, 5.41) is 8.58. The number of hydrogen-bond acceptors (Lipinski definition) is 4. The molecular formula is C27H36N4O2. The highest BCUT2D eigenvalue weighted by atomic mass is 16.3. The average Bonchev–Trinajstić information content (AvgIpc) is 3.26. The molecule has 0 radical (unpaired) electrons. The van der Waals surface area contributed by atoms with Crippen LogP contribution in [-0.4, -0.2) is 33.9 Å². The Bertz CT molecular complexity index is 1150. The van der Waals surface area contributed by atoms with Gasteiger partial charge in [-0.05, 0) is 75.7 Å². The number of aryl methyl sites for hydroxylation is 1. The number of rotatable bonds is 9. The second kappa shape index (κ2) is 10.4. The number of likely N-dealkylation sites (tertiary alicyclic amines) is 1. The van der Waals surface area contributed by atoms with Crippen LogP contribution >= 0.6 is 0 Å². The first-order valence-corrected chi connectivity index (χ1v) is 12.2. The van der Waals surface area contributed by atoms with E-state index in [-0.39, 0.29) is 11.4 Å². The second-order valence-electron chi connectivity index (χ2n) is 9.47. The Morgan fingerprint density at radius 1 is 1.06 bits per heavy atom. The van der Waals surface area contributed by atoms with Gasteiger partial charge in [-0.1, -0.05) is 31.0 Å². The lowest BCUT2D eigenvalue weighted by Gasteiger charge is -2.39. The first kappa shape index (κ1) is 23.3. The molecule has 1 aromatic carbocycles. The lowest BCUT2D eigenvalue weighted by molar-refractivity contribution is 0.101. The number of piperidine rings is 1. The lowest BCUT2D eigenvalue weighted by Crippen LogP contribution is -2.44. The number of aromatic nitrogens is 1. The van der Waals surface area contributed by atoms with E-state index in [1.165, 1.54) is 25.7 Å². The number of nitrogens with one attached hydrogen (secondary N) is 1. The van der Waals surface area contributed by atoms with Gasteiger partial charge in [0.25, 0.3) is 5.56 Å². The van der Waals surface area contributed by atoms with Gasteiger partial charge in [-0.3, -0.25) is 15.1 Å². The van der Waals surface area contributed by atoms with Crippen molar-refractivity contribution >= 4 is 16.7 Å². The summed E-state index contributed by atoms with van der Waals surface area (Å²) in [7, 11) is 0. The van der Waals surface area contributed by atoms with E-state index < -0.39 is 0 Å². The van der Waals surface area contributed by atoms with Crippen LogP contribution in [0.5, 0.6) is 0 Å². The Labute approximate surface area is 195 Å². The normalized spacial score (nSPS) is 19.2. The number of pyridine rings is 1. The van der Waals surface area contributed by atoms with Crippen molar-refractivity contribution in [2.45, 2.75) is 77.4 Å². The Balaban J connectivity index is 1.45. The highest BCUT2D eigenvalue weighted by Gasteiger charge is 2.23. The van der Waals surface area contributed by atoms with Crippen LogP contribution in [0.25, 0.3) is 10.9 Å². The summed E-state index contributed by atoms with van der Waals surface area (Å²) in [4.78, 5) is 16.0. The number of benzene rings is 1. The van der Waals surface area contributed by atoms with Crippen molar-refractivity contribution in [2.24, 2.45) is 5.73 Å². The van der Waals surface area contributed by atoms with Crippen molar-refractivity contribution < 1.29 is 4.42 Å². The molecule has 1 saturated heterocycles. The van der Waals surface area contributed by atoms with Gasteiger partial charge in [-0.15, -0.1) is 0 Å². The van der Waals surface area contributed by atoms with Crippen molar-refractivity contribution in [2.75, 3.05) is 6.54 Å². The molecular weight excluding hydrogens is 412 g/mol. The van der Waals surface area contributed by atoms with Gasteiger partial charge >= 0.3 is 0 Å². The van der Waals surface area contributed by atoms with E-state index in [2.05, 4.69) is 24.8 Å². The third-order valence-electron chi connectivity index (χ3n) is 7.04. The summed E-state index contributed by atoms with van der Waals surface area (Å²) in [6, 6.07) is 14.9. The van der Waals surface area contributed by atoms with Crippen LogP contribution in [-0.2, 0) is 13.0 Å². The minimum absolute atomic E-state index is 0.0350. The number of unbranched alkanes of at least 4 members (excludes halogenated alkanes) is 2. The summed E-state index contributed by atoms with van der Waals surface area (Å²) in [5.74, 6) is 0.873. The molecule has 6 nitrogen and oxygen atoms in total. The monoisotopic (exact) mass is 448 g/mol. The summed E-state index contributed by atoms with van der Waals surface area (Å²) < 4.78 is 7.56. The molecule has 4 rings (SSSR count). The minimum atomic E-state index is -0.106. The second-order valence-corrected chi connectivity index (χ2v) is 9.47. The molecule has 3 N–H and O–H groups in total. The zero-order valence-electron chi connectivity index (χ0n) is 19.8. The topological polar surface area (TPSA) is 88.2 Å². The van der Waals surface area contributed by atoms with E-state index in [9.17, 15) is 4.79 Å². The molecule has 0 aliphatic carbocycles. The number of furan rings is 1. The largest absolute Gasteiger partial charge is 0.458 e. The van der Waals surface area contributed by atoms with Crippen LogP contribution in [0.3, 0.4) is 0 Å². The fraction of sp³-hybridized carbons (Fsp3) is 0.481. The third-order valence-corrected chi connectivity index (χ3v) is 7.04. The maximum absolute atomic E-state index is 13.4. The van der Waals surface area contributed by atoms with Gasteiger partial charge in [0.05, 0.1) is 5.52 Å². The molecule has 1 aliphatic heterocycles. The first-order valence-electron chi connectivity index (χ1n) is 12.2. The first-order chi connectivity index (χ1) is 15.9. The molecule has 6 heteroatoms. The molecule has 1 fully saturated rings. The number of amidine groups is 1. The maximum atomic E-state index is 13.4. The van der Waals surface area contributed by atoms with Crippen LogP contribution in [0.2, 0.25) is 0 Å². The fourth-order valence-corrected chi connectivity index (χ4v) is 5.20. The van der Waals surface area contributed by atoms with Crippen LogP contribution in [0.4, 0.5) is 0 Å². The molecule has 3 heterocycles. The smallest absolute Gasteiger partial charge is 0.254 e. The van der Waals surface area contributed by atoms with Crippen molar-refractivity contribution in [3.05, 3.63) is 69.9 Å². The zero-order chi connectivity index (χ0) is 23.4. The van der Waals surface area contributed by atoms with Crippen molar-refractivity contribution in [1.82, 2.24) is 9.47 Å². The van der Waals surface area contributed by atoms with Crippen molar-refractivity contribution in [3.63, 3.8) is 0 Å². The van der Waals surface area contributed by atoms with E-state index >= 15 is 0 Å². The minimum Gasteiger partial charge on any atom is -0.458 e. The number of fused-ring (bicyclic) bond motifs is 1. The van der Waals surface area contributed by atoms with Gasteiger partial charge in [0, 0.05) is 30.6 Å². The van der Waals surface area contributed by atoms with Gasteiger partial charge in [0.2, 0.25) is 0 Å². The Morgan fingerprint density at radius 2 is 1.79 bits per heavy atom.